The summed E-state index contributed by atoms with van der Waals surface area (Å²) in [4.78, 5) is 6.07. The lowest BCUT2D eigenvalue weighted by molar-refractivity contribution is 0.546. The predicted molar refractivity (Wildman–Crippen MR) is 36.7 cm³/mol. The van der Waals surface area contributed by atoms with Crippen LogP contribution in [0.3, 0.4) is 0 Å². The fraction of sp³-hybridized carbons (Fsp3) is 0.500. The van der Waals surface area contributed by atoms with Crippen molar-refractivity contribution in [3.8, 4) is 0 Å². The second-order valence-electron chi connectivity index (χ2n) is 2.24. The summed E-state index contributed by atoms with van der Waals surface area (Å²) >= 11 is 0. The minimum absolute atomic E-state index is 0.713. The van der Waals surface area contributed by atoms with Crippen LogP contribution in [0.25, 0.3) is 0 Å². The summed E-state index contributed by atoms with van der Waals surface area (Å²) in [6.07, 6.45) is 3.25. The zero-order chi connectivity index (χ0) is 6.81. The SMILES string of the molecule is c1coc(N2CCNC2)n1. The van der Waals surface area contributed by atoms with Crippen LogP contribution in [0.4, 0.5) is 6.01 Å². The fourth-order valence-electron chi connectivity index (χ4n) is 1.04. The van der Waals surface area contributed by atoms with Crippen molar-refractivity contribution in [2.24, 2.45) is 0 Å². The van der Waals surface area contributed by atoms with Crippen molar-refractivity contribution in [1.29, 1.82) is 0 Å². The molecule has 4 nitrogen and oxygen atoms in total. The highest BCUT2D eigenvalue weighted by Gasteiger charge is 2.14. The minimum atomic E-state index is 0.713. The topological polar surface area (TPSA) is 41.3 Å². The third-order valence-corrected chi connectivity index (χ3v) is 1.55. The molecule has 2 rings (SSSR count). The Labute approximate surface area is 58.8 Å². The van der Waals surface area contributed by atoms with E-state index in [4.69, 9.17) is 4.42 Å². The number of hydrogen-bond donors (Lipinski definition) is 1. The van der Waals surface area contributed by atoms with E-state index in [0.29, 0.717) is 6.01 Å². The fourth-order valence-corrected chi connectivity index (χ4v) is 1.04. The molecule has 1 N–H and O–H groups in total. The molecule has 10 heavy (non-hydrogen) atoms. The van der Waals surface area contributed by atoms with Gasteiger partial charge in [0.1, 0.15) is 6.26 Å². The van der Waals surface area contributed by atoms with Gasteiger partial charge in [-0.25, -0.2) is 4.98 Å². The number of hydrogen-bond acceptors (Lipinski definition) is 4. The van der Waals surface area contributed by atoms with Gasteiger partial charge in [0, 0.05) is 13.1 Å². The summed E-state index contributed by atoms with van der Waals surface area (Å²) in [5, 5.41) is 3.19. The minimum Gasteiger partial charge on any atom is -0.432 e. The molecular weight excluding hydrogens is 130 g/mol. The van der Waals surface area contributed by atoms with E-state index >= 15 is 0 Å². The number of rotatable bonds is 1. The smallest absolute Gasteiger partial charge is 0.298 e. The van der Waals surface area contributed by atoms with E-state index in [2.05, 4.69) is 15.2 Å². The molecule has 1 aromatic rings. The Kier molecular flexibility index (Phi) is 1.32. The third kappa shape index (κ3) is 0.863. The molecule has 0 unspecified atom stereocenters. The number of nitrogens with zero attached hydrogens (tertiary/aromatic N) is 2. The van der Waals surface area contributed by atoms with Gasteiger partial charge >= 0.3 is 0 Å². The Morgan fingerprint density at radius 2 is 2.70 bits per heavy atom. The Bertz CT molecular complexity index is 191. The van der Waals surface area contributed by atoms with Gasteiger partial charge in [-0.3, -0.25) is 5.32 Å². The lowest BCUT2D eigenvalue weighted by Gasteiger charge is -2.08. The normalized spacial score (nSPS) is 18.2. The van der Waals surface area contributed by atoms with Crippen molar-refractivity contribution in [1.82, 2.24) is 10.3 Å². The maximum atomic E-state index is 5.09. The predicted octanol–water partition coefficient (Wildman–Crippen LogP) is 0.0417. The van der Waals surface area contributed by atoms with Crippen molar-refractivity contribution < 1.29 is 4.42 Å². The molecule has 0 saturated carbocycles. The van der Waals surface area contributed by atoms with Gasteiger partial charge in [-0.1, -0.05) is 0 Å². The number of anilines is 1. The maximum absolute atomic E-state index is 5.09. The van der Waals surface area contributed by atoms with Crippen LogP contribution in [0.1, 0.15) is 0 Å². The molecule has 0 spiro atoms. The summed E-state index contributed by atoms with van der Waals surface area (Å²) in [7, 11) is 0. The average Bonchev–Trinajstić information content (AvgIpc) is 2.59. The van der Waals surface area contributed by atoms with E-state index in [1.165, 1.54) is 0 Å². The standard InChI is InChI=1S/C6H9N3O/c1-3-9(5-7-1)6-8-2-4-10-6/h2,4,7H,1,3,5H2. The van der Waals surface area contributed by atoms with Crippen LogP contribution in [-0.2, 0) is 0 Å². The first-order valence-electron chi connectivity index (χ1n) is 3.32. The van der Waals surface area contributed by atoms with Gasteiger partial charge in [-0.2, -0.15) is 0 Å². The second-order valence-corrected chi connectivity index (χ2v) is 2.24. The molecule has 2 heterocycles. The Balaban J connectivity index is 2.12. The van der Waals surface area contributed by atoms with Crippen LogP contribution in [0.5, 0.6) is 0 Å². The van der Waals surface area contributed by atoms with Crippen LogP contribution < -0.4 is 10.2 Å². The molecule has 0 aliphatic carbocycles. The summed E-state index contributed by atoms with van der Waals surface area (Å²) in [5.41, 5.74) is 0. The van der Waals surface area contributed by atoms with Crippen LogP contribution in [0.15, 0.2) is 16.9 Å². The van der Waals surface area contributed by atoms with Crippen LogP contribution in [-0.4, -0.2) is 24.7 Å². The Hall–Kier alpha value is -1.03. The third-order valence-electron chi connectivity index (χ3n) is 1.55. The van der Waals surface area contributed by atoms with Gasteiger partial charge in [0.15, 0.2) is 0 Å². The van der Waals surface area contributed by atoms with E-state index in [0.717, 1.165) is 19.8 Å². The van der Waals surface area contributed by atoms with Gasteiger partial charge in [0.2, 0.25) is 0 Å². The van der Waals surface area contributed by atoms with Crippen LogP contribution in [0, 0.1) is 0 Å². The molecule has 4 heteroatoms. The van der Waals surface area contributed by atoms with E-state index in [9.17, 15) is 0 Å². The Morgan fingerprint density at radius 3 is 3.30 bits per heavy atom. The van der Waals surface area contributed by atoms with Crippen molar-refractivity contribution in [2.45, 2.75) is 0 Å². The highest BCUT2D eigenvalue weighted by Crippen LogP contribution is 2.09. The van der Waals surface area contributed by atoms with Gasteiger partial charge in [0.25, 0.3) is 6.01 Å². The average molecular weight is 139 g/mol. The number of aromatic nitrogens is 1. The molecule has 0 atom stereocenters. The summed E-state index contributed by atoms with van der Waals surface area (Å²) < 4.78 is 5.09. The zero-order valence-electron chi connectivity index (χ0n) is 5.58. The summed E-state index contributed by atoms with van der Waals surface area (Å²) in [5.74, 6) is 0. The van der Waals surface area contributed by atoms with E-state index in [1.807, 2.05) is 0 Å². The Morgan fingerprint density at radius 1 is 1.70 bits per heavy atom. The highest BCUT2D eigenvalue weighted by atomic mass is 16.4. The molecule has 0 aromatic carbocycles. The zero-order valence-corrected chi connectivity index (χ0v) is 5.58. The largest absolute Gasteiger partial charge is 0.432 e. The summed E-state index contributed by atoms with van der Waals surface area (Å²) in [6, 6.07) is 0.713. The molecule has 0 radical (unpaired) electrons. The van der Waals surface area contributed by atoms with E-state index in [1.54, 1.807) is 12.5 Å². The molecule has 1 aliphatic heterocycles. The number of oxazole rings is 1. The van der Waals surface area contributed by atoms with Gasteiger partial charge < -0.3 is 9.32 Å². The quantitative estimate of drug-likeness (QED) is 0.596. The van der Waals surface area contributed by atoms with Crippen molar-refractivity contribution in [3.63, 3.8) is 0 Å². The molecule has 1 aromatic heterocycles. The van der Waals surface area contributed by atoms with Gasteiger partial charge in [-0.15, -0.1) is 0 Å². The number of nitrogens with one attached hydrogen (secondary N) is 1. The molecule has 1 fully saturated rings. The first-order valence-corrected chi connectivity index (χ1v) is 3.32. The van der Waals surface area contributed by atoms with Crippen molar-refractivity contribution >= 4 is 6.01 Å². The van der Waals surface area contributed by atoms with Crippen LogP contribution >= 0.6 is 0 Å². The van der Waals surface area contributed by atoms with Crippen molar-refractivity contribution in [3.05, 3.63) is 12.5 Å². The first kappa shape index (κ1) is 5.73. The molecule has 1 saturated heterocycles. The second kappa shape index (κ2) is 2.30. The van der Waals surface area contributed by atoms with Gasteiger partial charge in [-0.05, 0) is 0 Å². The molecular formula is C6H9N3O. The van der Waals surface area contributed by atoms with Crippen LogP contribution in [0.2, 0.25) is 0 Å². The maximum Gasteiger partial charge on any atom is 0.298 e. The van der Waals surface area contributed by atoms with E-state index < -0.39 is 0 Å². The lowest BCUT2D eigenvalue weighted by atomic mass is 10.6. The lowest BCUT2D eigenvalue weighted by Crippen LogP contribution is -2.20. The van der Waals surface area contributed by atoms with Gasteiger partial charge in [0.05, 0.1) is 12.9 Å². The molecule has 54 valence electrons. The molecule has 0 bridgehead atoms. The van der Waals surface area contributed by atoms with Crippen molar-refractivity contribution in [2.75, 3.05) is 24.7 Å². The summed E-state index contributed by atoms with van der Waals surface area (Å²) in [6.45, 7) is 2.85. The molecule has 1 aliphatic rings. The monoisotopic (exact) mass is 139 g/mol. The molecule has 0 amide bonds. The van der Waals surface area contributed by atoms with E-state index in [-0.39, 0.29) is 0 Å². The first-order chi connectivity index (χ1) is 4.97. The highest BCUT2D eigenvalue weighted by molar-refractivity contribution is 5.25.